The molecule has 1 fully saturated rings. The van der Waals surface area contributed by atoms with Crippen molar-refractivity contribution in [2.24, 2.45) is 0 Å². The van der Waals surface area contributed by atoms with E-state index >= 15 is 0 Å². The summed E-state index contributed by atoms with van der Waals surface area (Å²) in [5.41, 5.74) is 1.83. The predicted octanol–water partition coefficient (Wildman–Crippen LogP) is 3.81. The van der Waals surface area contributed by atoms with Gasteiger partial charge in [-0.1, -0.05) is 6.07 Å². The lowest BCUT2D eigenvalue weighted by Gasteiger charge is -2.34. The predicted molar refractivity (Wildman–Crippen MR) is 101 cm³/mol. The van der Waals surface area contributed by atoms with Crippen LogP contribution in [0.2, 0.25) is 0 Å². The Kier molecular flexibility index (Phi) is 5.91. The second kappa shape index (κ2) is 8.35. The van der Waals surface area contributed by atoms with Crippen LogP contribution in [-0.4, -0.2) is 30.3 Å². The molecule has 3 rings (SSSR count). The number of hydrogen-bond acceptors (Lipinski definition) is 3. The minimum absolute atomic E-state index is 0.308. The summed E-state index contributed by atoms with van der Waals surface area (Å²) >= 11 is 0. The second-order valence-electron chi connectivity index (χ2n) is 6.75. The number of carbonyl (C=O) groups is 1. The molecule has 7 heteroatoms. The minimum Gasteiger partial charge on any atom is -0.393 e. The molecule has 0 spiro atoms. The smallest absolute Gasteiger partial charge is 0.319 e. The van der Waals surface area contributed by atoms with Crippen molar-refractivity contribution in [2.75, 3.05) is 23.3 Å². The number of benzene rings is 2. The van der Waals surface area contributed by atoms with Gasteiger partial charge in [0, 0.05) is 30.0 Å². The van der Waals surface area contributed by atoms with Crippen LogP contribution >= 0.6 is 0 Å². The molecule has 0 radical (unpaired) electrons. The number of rotatable bonds is 4. The third-order valence-electron chi connectivity index (χ3n) is 4.69. The summed E-state index contributed by atoms with van der Waals surface area (Å²) in [7, 11) is 0. The first-order valence-electron chi connectivity index (χ1n) is 8.98. The van der Waals surface area contributed by atoms with Crippen molar-refractivity contribution in [1.29, 1.82) is 0 Å². The quantitative estimate of drug-likeness (QED) is 0.761. The molecule has 1 unspecified atom stereocenters. The van der Waals surface area contributed by atoms with Gasteiger partial charge >= 0.3 is 6.03 Å². The van der Waals surface area contributed by atoms with Crippen molar-refractivity contribution in [3.8, 4) is 0 Å². The van der Waals surface area contributed by atoms with Crippen molar-refractivity contribution < 1.29 is 18.7 Å². The van der Waals surface area contributed by atoms with Gasteiger partial charge < -0.3 is 20.6 Å². The van der Waals surface area contributed by atoms with E-state index in [9.17, 15) is 18.7 Å². The van der Waals surface area contributed by atoms with Gasteiger partial charge in [0.1, 0.15) is 11.6 Å². The number of halogens is 2. The van der Waals surface area contributed by atoms with Crippen LogP contribution in [0.15, 0.2) is 42.5 Å². The van der Waals surface area contributed by atoms with E-state index in [1.165, 1.54) is 30.3 Å². The van der Waals surface area contributed by atoms with E-state index in [0.29, 0.717) is 37.2 Å². The molecule has 5 nitrogen and oxygen atoms in total. The number of hydrogen-bond donors (Lipinski definition) is 3. The molecule has 0 aromatic heterocycles. The molecule has 2 aromatic carbocycles. The van der Waals surface area contributed by atoms with Crippen LogP contribution in [0, 0.1) is 11.6 Å². The number of nitrogens with zero attached hydrogens (tertiary/aromatic N) is 1. The summed E-state index contributed by atoms with van der Waals surface area (Å²) in [4.78, 5) is 14.3. The number of amides is 2. The van der Waals surface area contributed by atoms with Gasteiger partial charge in [0.15, 0.2) is 0 Å². The van der Waals surface area contributed by atoms with Gasteiger partial charge in [0.25, 0.3) is 0 Å². The van der Waals surface area contributed by atoms with E-state index in [1.807, 2.05) is 0 Å². The lowest BCUT2D eigenvalue weighted by atomic mass is 10.0. The highest BCUT2D eigenvalue weighted by Crippen LogP contribution is 2.29. The molecule has 1 heterocycles. The third kappa shape index (κ3) is 4.95. The Balaban J connectivity index is 1.72. The first-order chi connectivity index (χ1) is 12.9. The maximum Gasteiger partial charge on any atom is 0.319 e. The van der Waals surface area contributed by atoms with Crippen LogP contribution in [-0.2, 0) is 0 Å². The van der Waals surface area contributed by atoms with Crippen molar-refractivity contribution in [1.82, 2.24) is 5.32 Å². The number of aliphatic hydroxyl groups excluding tert-OH is 1. The molecule has 27 heavy (non-hydrogen) atoms. The van der Waals surface area contributed by atoms with Crippen molar-refractivity contribution in [3.63, 3.8) is 0 Å². The van der Waals surface area contributed by atoms with Gasteiger partial charge in [-0.3, -0.25) is 0 Å². The monoisotopic (exact) mass is 375 g/mol. The van der Waals surface area contributed by atoms with Crippen LogP contribution in [0.25, 0.3) is 0 Å². The van der Waals surface area contributed by atoms with Crippen LogP contribution in [0.1, 0.15) is 31.4 Å². The Morgan fingerprint density at radius 2 is 1.85 bits per heavy atom. The molecule has 1 aliphatic heterocycles. The molecule has 3 N–H and O–H groups in total. The minimum atomic E-state index is -0.502. The highest BCUT2D eigenvalue weighted by Gasteiger charge is 2.22. The van der Waals surface area contributed by atoms with Crippen LogP contribution in [0.3, 0.4) is 0 Å². The van der Waals surface area contributed by atoms with E-state index in [-0.39, 0.29) is 11.9 Å². The Morgan fingerprint density at radius 1 is 1.15 bits per heavy atom. The summed E-state index contributed by atoms with van der Waals surface area (Å²) in [6, 6.07) is 9.14. The van der Waals surface area contributed by atoms with E-state index < -0.39 is 17.9 Å². The molecule has 2 amide bonds. The largest absolute Gasteiger partial charge is 0.393 e. The van der Waals surface area contributed by atoms with Gasteiger partial charge in [-0.15, -0.1) is 0 Å². The maximum absolute atomic E-state index is 13.8. The molecule has 2 aromatic rings. The SMILES string of the molecule is CC(NC(=O)Nc1cccc(F)c1)c1cc(F)ccc1N1CCC(O)CC1. The third-order valence-corrected chi connectivity index (χ3v) is 4.69. The van der Waals surface area contributed by atoms with Crippen molar-refractivity contribution >= 4 is 17.4 Å². The van der Waals surface area contributed by atoms with Crippen LogP contribution < -0.4 is 15.5 Å². The standard InChI is InChI=1S/C20H23F2N3O2/c1-13(23-20(27)24-16-4-2-3-14(21)11-16)18-12-15(22)5-6-19(18)25-9-7-17(26)8-10-25/h2-6,11-13,17,26H,7-10H2,1H3,(H2,23,24,27). The number of nitrogens with one attached hydrogen (secondary N) is 2. The van der Waals surface area contributed by atoms with Crippen molar-refractivity contribution in [3.05, 3.63) is 59.7 Å². The molecule has 1 aliphatic rings. The van der Waals surface area contributed by atoms with E-state index in [2.05, 4.69) is 15.5 Å². The summed E-state index contributed by atoms with van der Waals surface area (Å²) in [5, 5.41) is 15.0. The summed E-state index contributed by atoms with van der Waals surface area (Å²) in [5.74, 6) is -0.828. The topological polar surface area (TPSA) is 64.6 Å². The average molecular weight is 375 g/mol. The first-order valence-corrected chi connectivity index (χ1v) is 8.98. The summed E-state index contributed by atoms with van der Waals surface area (Å²) in [6.07, 6.45) is 0.995. The molecule has 144 valence electrons. The number of urea groups is 1. The molecule has 0 aliphatic carbocycles. The zero-order chi connectivity index (χ0) is 19.4. The fourth-order valence-electron chi connectivity index (χ4n) is 3.27. The van der Waals surface area contributed by atoms with Crippen LogP contribution in [0.5, 0.6) is 0 Å². The van der Waals surface area contributed by atoms with E-state index in [1.54, 1.807) is 19.1 Å². The molecule has 1 atom stereocenters. The maximum atomic E-state index is 13.8. The number of anilines is 2. The summed E-state index contributed by atoms with van der Waals surface area (Å²) < 4.78 is 27.1. The Bertz CT molecular complexity index is 808. The van der Waals surface area contributed by atoms with Gasteiger partial charge in [-0.25, -0.2) is 13.6 Å². The lowest BCUT2D eigenvalue weighted by Crippen LogP contribution is -2.37. The Morgan fingerprint density at radius 3 is 2.56 bits per heavy atom. The van der Waals surface area contributed by atoms with Gasteiger partial charge in [0.2, 0.25) is 0 Å². The van der Waals surface area contributed by atoms with Gasteiger partial charge in [0.05, 0.1) is 12.1 Å². The van der Waals surface area contributed by atoms with E-state index in [4.69, 9.17) is 0 Å². The summed E-state index contributed by atoms with van der Waals surface area (Å²) in [6.45, 7) is 3.10. The first kappa shape index (κ1) is 19.1. The fraction of sp³-hybridized carbons (Fsp3) is 0.350. The molecule has 0 bridgehead atoms. The Hall–Kier alpha value is -2.67. The molecule has 0 saturated carbocycles. The normalized spacial score (nSPS) is 16.1. The molecular weight excluding hydrogens is 352 g/mol. The molecular formula is C20H23F2N3O2. The second-order valence-corrected chi connectivity index (χ2v) is 6.75. The lowest BCUT2D eigenvalue weighted by molar-refractivity contribution is 0.145. The average Bonchev–Trinajstić information content (AvgIpc) is 2.62. The van der Waals surface area contributed by atoms with Gasteiger partial charge in [-0.05, 0) is 56.2 Å². The van der Waals surface area contributed by atoms with Crippen LogP contribution in [0.4, 0.5) is 25.0 Å². The number of piperidine rings is 1. The number of aliphatic hydroxyl groups is 1. The van der Waals surface area contributed by atoms with Crippen molar-refractivity contribution in [2.45, 2.75) is 31.9 Å². The zero-order valence-electron chi connectivity index (χ0n) is 15.1. The highest BCUT2D eigenvalue weighted by atomic mass is 19.1. The zero-order valence-corrected chi connectivity index (χ0v) is 15.1. The molecule has 1 saturated heterocycles. The van der Waals surface area contributed by atoms with E-state index in [0.717, 1.165) is 5.69 Å². The number of carbonyl (C=O) groups excluding carboxylic acids is 1. The fourth-order valence-corrected chi connectivity index (χ4v) is 3.27. The van der Waals surface area contributed by atoms with Gasteiger partial charge in [-0.2, -0.15) is 0 Å². The highest BCUT2D eigenvalue weighted by molar-refractivity contribution is 5.89. The Labute approximate surface area is 157 Å².